The van der Waals surface area contributed by atoms with Crippen LogP contribution in [0.5, 0.6) is 0 Å². The van der Waals surface area contributed by atoms with Crippen LogP contribution in [0, 0.1) is 0 Å². The molecular formula is C56H35N2O3+. The molecule has 12 rings (SSSR count). The summed E-state index contributed by atoms with van der Waals surface area (Å²) < 4.78 is 5.20. The number of hydrogen-bond donors (Lipinski definition) is 0. The predicted molar refractivity (Wildman–Crippen MR) is 251 cm³/mol. The fourth-order valence-electron chi connectivity index (χ4n) is 9.54. The monoisotopic (exact) mass is 783 g/mol. The number of fused-ring (bicyclic) bond motifs is 3. The molecule has 1 aliphatic rings. The lowest BCUT2D eigenvalue weighted by molar-refractivity contribution is 0.0700. The fourth-order valence-corrected chi connectivity index (χ4v) is 9.54. The van der Waals surface area contributed by atoms with Crippen LogP contribution in [0.3, 0.4) is 0 Å². The number of nitrogens with zero attached hydrogens (tertiary/aromatic N) is 2. The van der Waals surface area contributed by atoms with Crippen LogP contribution in [0.1, 0.15) is 15.9 Å². The van der Waals surface area contributed by atoms with Gasteiger partial charge in [-0.15, -0.1) is 0 Å². The number of carbonyl (C=O) groups excluding carboxylic acids is 2. The van der Waals surface area contributed by atoms with Gasteiger partial charge >= 0.3 is 11.9 Å². The molecule has 11 aromatic rings. The molecule has 0 fully saturated rings. The van der Waals surface area contributed by atoms with Gasteiger partial charge in [-0.1, -0.05) is 133 Å². The van der Waals surface area contributed by atoms with Gasteiger partial charge < -0.3 is 14.6 Å². The van der Waals surface area contributed by atoms with Crippen molar-refractivity contribution < 1.29 is 14.3 Å². The number of rotatable bonds is 7. The number of ether oxygens (including phenoxy) is 1. The maximum atomic E-state index is 12.9. The molecule has 61 heavy (non-hydrogen) atoms. The molecule has 0 spiro atoms. The number of hydrogen-bond acceptors (Lipinski definition) is 4. The Morgan fingerprint density at radius 1 is 0.344 bits per heavy atom. The van der Waals surface area contributed by atoms with Crippen LogP contribution in [0.15, 0.2) is 206 Å². The second-order valence-electron chi connectivity index (χ2n) is 15.6. The van der Waals surface area contributed by atoms with Crippen molar-refractivity contribution in [1.82, 2.24) is 0 Å². The van der Waals surface area contributed by atoms with Gasteiger partial charge in [0, 0.05) is 38.9 Å². The van der Waals surface area contributed by atoms with E-state index in [2.05, 4.69) is 186 Å². The van der Waals surface area contributed by atoms with Gasteiger partial charge in [0.05, 0.1) is 11.4 Å². The zero-order valence-electron chi connectivity index (χ0n) is 32.8. The number of esters is 2. The van der Waals surface area contributed by atoms with Crippen molar-refractivity contribution in [3.05, 3.63) is 217 Å². The first-order valence-electron chi connectivity index (χ1n) is 20.4. The second kappa shape index (κ2) is 13.7. The van der Waals surface area contributed by atoms with Crippen molar-refractivity contribution in [1.29, 1.82) is 0 Å². The van der Waals surface area contributed by atoms with E-state index in [1.54, 1.807) is 0 Å². The van der Waals surface area contributed by atoms with Gasteiger partial charge in [0.2, 0.25) is 0 Å². The maximum absolute atomic E-state index is 12.9. The highest BCUT2D eigenvalue weighted by Crippen LogP contribution is 2.48. The summed E-state index contributed by atoms with van der Waals surface area (Å²) >= 11 is 0. The summed E-state index contributed by atoms with van der Waals surface area (Å²) in [7, 11) is 0. The molecule has 1 N–H and O–H groups in total. The Morgan fingerprint density at radius 2 is 0.803 bits per heavy atom. The highest BCUT2D eigenvalue weighted by molar-refractivity contribution is 6.38. The third kappa shape index (κ3) is 5.41. The summed E-state index contributed by atoms with van der Waals surface area (Å²) in [4.78, 5) is 28.2. The molecule has 5 heteroatoms. The topological polar surface area (TPSA) is 54.2 Å². The largest absolute Gasteiger partial charge is 0.527 e. The van der Waals surface area contributed by atoms with Gasteiger partial charge in [-0.2, -0.15) is 0 Å². The van der Waals surface area contributed by atoms with E-state index in [0.29, 0.717) is 11.1 Å². The highest BCUT2D eigenvalue weighted by atomic mass is 16.6. The maximum Gasteiger partial charge on any atom is 0.527 e. The Labute approximate surface area is 351 Å². The molecule has 0 amide bonds. The summed E-state index contributed by atoms with van der Waals surface area (Å²) in [6.45, 7) is 0. The van der Waals surface area contributed by atoms with Gasteiger partial charge in [-0.3, -0.25) is 0 Å². The Morgan fingerprint density at radius 3 is 1.46 bits per heavy atom. The van der Waals surface area contributed by atoms with Crippen molar-refractivity contribution in [2.45, 2.75) is 0 Å². The number of anilines is 6. The normalized spacial score (nSPS) is 12.5. The predicted octanol–water partition coefficient (Wildman–Crippen LogP) is 14.5. The third-order valence-electron chi connectivity index (χ3n) is 12.3. The van der Waals surface area contributed by atoms with E-state index in [-0.39, 0.29) is 5.97 Å². The first-order chi connectivity index (χ1) is 30.1. The third-order valence-corrected chi connectivity index (χ3v) is 12.3. The zero-order chi connectivity index (χ0) is 40.6. The van der Waals surface area contributed by atoms with Crippen LogP contribution < -0.4 is 9.80 Å². The lowest BCUT2D eigenvalue weighted by Crippen LogP contribution is -2.20. The van der Waals surface area contributed by atoms with E-state index in [0.717, 1.165) is 88.3 Å². The minimum absolute atomic E-state index is 0.353. The summed E-state index contributed by atoms with van der Waals surface area (Å²) in [5.41, 5.74) is 9.73. The molecule has 0 aromatic heterocycles. The quantitative estimate of drug-likeness (QED) is 0.0531. The average molecular weight is 784 g/mol. The van der Waals surface area contributed by atoms with Crippen LogP contribution in [-0.2, 0) is 4.74 Å². The summed E-state index contributed by atoms with van der Waals surface area (Å²) in [5, 5.41) is 10.6. The standard InChI is InChI=1S/C56H34N2O3/c59-55-48-31-29-45-43-18-10-19-47-51(34-33-44(52(43)47)46-30-32-49(56(60)61-55)54(48)53(45)46)58(39-15-5-2-6-16-39)41-27-23-36(24-28-41)35-21-25-40(26-22-35)57(38-13-3-1-4-14-38)50-20-9-12-37-11-7-8-17-42(37)50/h1-34H/p+1. The van der Waals surface area contributed by atoms with E-state index in [4.69, 9.17) is 4.74 Å². The van der Waals surface area contributed by atoms with E-state index >= 15 is 0 Å². The zero-order valence-corrected chi connectivity index (χ0v) is 32.8. The smallest absolute Gasteiger partial charge is 0.335 e. The van der Waals surface area contributed by atoms with Crippen molar-refractivity contribution in [3.8, 4) is 11.1 Å². The van der Waals surface area contributed by atoms with Crippen LogP contribution in [0.4, 0.5) is 34.1 Å². The molecule has 0 radical (unpaired) electrons. The molecule has 11 aromatic carbocycles. The minimum atomic E-state index is -0.541. The number of carbonyl (C=O) groups is 1. The van der Waals surface area contributed by atoms with Crippen LogP contribution in [0.25, 0.3) is 65.0 Å². The average Bonchev–Trinajstić information content (AvgIpc) is 3.32. The van der Waals surface area contributed by atoms with E-state index in [1.165, 1.54) is 10.8 Å². The van der Waals surface area contributed by atoms with Gasteiger partial charge in [-0.05, 0) is 122 Å². The molecule has 0 bridgehead atoms. The molecule has 1 heterocycles. The van der Waals surface area contributed by atoms with Crippen molar-refractivity contribution in [2.75, 3.05) is 9.80 Å². The van der Waals surface area contributed by atoms with Crippen molar-refractivity contribution >= 4 is 99.9 Å². The van der Waals surface area contributed by atoms with Gasteiger partial charge in [0.15, 0.2) is 0 Å². The first-order valence-corrected chi connectivity index (χ1v) is 20.4. The molecule has 5 nitrogen and oxygen atoms in total. The fraction of sp³-hybridized carbons (Fsp3) is 0. The van der Waals surface area contributed by atoms with Gasteiger partial charge in [0.25, 0.3) is 0 Å². The Balaban J connectivity index is 0.957. The van der Waals surface area contributed by atoms with Crippen molar-refractivity contribution in [2.24, 2.45) is 0 Å². The summed E-state index contributed by atoms with van der Waals surface area (Å²) in [5.74, 6) is -0.894. The molecular weight excluding hydrogens is 749 g/mol. The lowest BCUT2D eigenvalue weighted by atomic mass is 9.85. The highest BCUT2D eigenvalue weighted by Gasteiger charge is 2.36. The number of para-hydroxylation sites is 2. The van der Waals surface area contributed by atoms with E-state index in [9.17, 15) is 9.59 Å². The van der Waals surface area contributed by atoms with Crippen LogP contribution in [-0.4, -0.2) is 16.7 Å². The molecule has 0 saturated heterocycles. The summed E-state index contributed by atoms with van der Waals surface area (Å²) in [6.07, 6.45) is 0. The number of benzene rings is 11. The van der Waals surface area contributed by atoms with Gasteiger partial charge in [-0.25, -0.2) is 9.53 Å². The molecule has 0 atom stereocenters. The Kier molecular flexibility index (Phi) is 7.77. The van der Waals surface area contributed by atoms with Crippen molar-refractivity contribution in [3.63, 3.8) is 0 Å². The van der Waals surface area contributed by atoms with Crippen LogP contribution >= 0.6 is 0 Å². The number of cyclic esters (lactones) is 2. The van der Waals surface area contributed by atoms with E-state index < -0.39 is 5.97 Å². The molecule has 0 aliphatic carbocycles. The lowest BCUT2D eigenvalue weighted by Gasteiger charge is -2.28. The first kappa shape index (κ1) is 34.7. The molecule has 286 valence electrons. The molecule has 0 unspecified atom stereocenters. The SMILES string of the molecule is O=C1OC(=[OH+])c2ccc3c4ccc(N(c5ccccc5)c5ccc(-c6ccc(N(c7ccccc7)c7cccc8ccccc78)cc6)cc5)c5cccc(c6ccc1c2c63)c54. The molecule has 0 saturated carbocycles. The summed E-state index contributed by atoms with van der Waals surface area (Å²) in [6, 6.07) is 72.3. The minimum Gasteiger partial charge on any atom is -0.335 e. The molecule has 1 aliphatic heterocycles. The Bertz CT molecular complexity index is 3460. The van der Waals surface area contributed by atoms with E-state index in [1.807, 2.05) is 30.3 Å². The second-order valence-corrected chi connectivity index (χ2v) is 15.6. The van der Waals surface area contributed by atoms with Crippen LogP contribution in [0.2, 0.25) is 0 Å². The Hall–Kier alpha value is -8.28. The van der Waals surface area contributed by atoms with Gasteiger partial charge in [0.1, 0.15) is 11.1 Å².